The van der Waals surface area contributed by atoms with Gasteiger partial charge in [0.25, 0.3) is 17.7 Å². The molecule has 2 aromatic carbocycles. The minimum absolute atomic E-state index is 0.114. The molecule has 0 radical (unpaired) electrons. The molecule has 1 aliphatic heterocycles. The van der Waals surface area contributed by atoms with Crippen LogP contribution in [0.2, 0.25) is 5.02 Å². The van der Waals surface area contributed by atoms with Crippen LogP contribution in [0.15, 0.2) is 42.5 Å². The minimum atomic E-state index is -0.451. The van der Waals surface area contributed by atoms with Crippen molar-refractivity contribution in [3.8, 4) is 5.75 Å². The van der Waals surface area contributed by atoms with Gasteiger partial charge in [-0.15, -0.1) is 0 Å². The van der Waals surface area contributed by atoms with Crippen LogP contribution in [-0.2, 0) is 14.3 Å². The number of nitrogens with one attached hydrogen (secondary N) is 2. The Labute approximate surface area is 198 Å². The van der Waals surface area contributed by atoms with E-state index in [1.54, 1.807) is 47.4 Å². The molecule has 2 aromatic rings. The second kappa shape index (κ2) is 11.7. The highest BCUT2D eigenvalue weighted by Gasteiger charge is 2.23. The maximum absolute atomic E-state index is 12.7. The maximum Gasteiger partial charge on any atom is 0.260 e. The molecule has 3 rings (SSSR count). The first-order valence-electron chi connectivity index (χ1n) is 10.9. The van der Waals surface area contributed by atoms with E-state index in [2.05, 4.69) is 10.6 Å². The summed E-state index contributed by atoms with van der Waals surface area (Å²) in [6.45, 7) is 5.49. The van der Waals surface area contributed by atoms with Gasteiger partial charge in [-0.05, 0) is 63.1 Å². The van der Waals surface area contributed by atoms with E-state index in [9.17, 15) is 14.4 Å². The Kier molecular flexibility index (Phi) is 8.68. The van der Waals surface area contributed by atoms with E-state index in [4.69, 9.17) is 21.1 Å². The molecule has 8 nitrogen and oxygen atoms in total. The summed E-state index contributed by atoms with van der Waals surface area (Å²) in [5, 5.41) is 5.83. The van der Waals surface area contributed by atoms with Crippen molar-refractivity contribution < 1.29 is 23.9 Å². The predicted octanol–water partition coefficient (Wildman–Crippen LogP) is 3.96. The Bertz CT molecular complexity index is 1000. The van der Waals surface area contributed by atoms with Crippen LogP contribution in [-0.4, -0.2) is 55.0 Å². The maximum atomic E-state index is 12.7. The van der Waals surface area contributed by atoms with E-state index in [0.717, 1.165) is 6.42 Å². The van der Waals surface area contributed by atoms with Crippen LogP contribution in [0, 0.1) is 0 Å². The first kappa shape index (κ1) is 24.5. The van der Waals surface area contributed by atoms with Crippen LogP contribution >= 0.6 is 11.6 Å². The van der Waals surface area contributed by atoms with Gasteiger partial charge in [0.15, 0.2) is 6.61 Å². The fourth-order valence-corrected chi connectivity index (χ4v) is 3.69. The molecular weight excluding hydrogens is 446 g/mol. The first-order chi connectivity index (χ1) is 15.9. The lowest BCUT2D eigenvalue weighted by Crippen LogP contribution is -2.34. The van der Waals surface area contributed by atoms with Crippen molar-refractivity contribution in [1.82, 2.24) is 4.90 Å². The van der Waals surface area contributed by atoms with Gasteiger partial charge in [0.1, 0.15) is 11.9 Å². The molecule has 1 heterocycles. The van der Waals surface area contributed by atoms with Crippen LogP contribution in [0.25, 0.3) is 0 Å². The Hall–Kier alpha value is -3.10. The van der Waals surface area contributed by atoms with E-state index in [1.165, 1.54) is 0 Å². The number of halogens is 1. The summed E-state index contributed by atoms with van der Waals surface area (Å²) < 4.78 is 10.9. The predicted molar refractivity (Wildman–Crippen MR) is 127 cm³/mol. The molecule has 0 spiro atoms. The molecule has 1 atom stereocenters. The lowest BCUT2D eigenvalue weighted by molar-refractivity contribution is -0.133. The number of carbonyl (C=O) groups excluding carboxylic acids is 3. The highest BCUT2D eigenvalue weighted by atomic mass is 35.5. The van der Waals surface area contributed by atoms with Crippen molar-refractivity contribution in [2.24, 2.45) is 0 Å². The lowest BCUT2D eigenvalue weighted by Gasteiger charge is -2.19. The van der Waals surface area contributed by atoms with Gasteiger partial charge in [0.2, 0.25) is 0 Å². The van der Waals surface area contributed by atoms with Gasteiger partial charge in [0.05, 0.1) is 5.02 Å². The molecule has 0 bridgehead atoms. The summed E-state index contributed by atoms with van der Waals surface area (Å²) in [7, 11) is 0. The second-order valence-electron chi connectivity index (χ2n) is 7.53. The van der Waals surface area contributed by atoms with Crippen LogP contribution in [0.1, 0.15) is 37.0 Å². The van der Waals surface area contributed by atoms with Gasteiger partial charge in [-0.25, -0.2) is 0 Å². The molecule has 33 heavy (non-hydrogen) atoms. The lowest BCUT2D eigenvalue weighted by atomic mass is 10.1. The molecule has 3 amide bonds. The molecule has 1 fully saturated rings. The van der Waals surface area contributed by atoms with E-state index in [-0.39, 0.29) is 29.4 Å². The SMILES string of the molecule is CCN(CC)C(=O)COc1ccc(NC(=O)c2cccc(NC(=O)[C@H]3CCCO3)c2)cc1Cl. The Morgan fingerprint density at radius 1 is 1.09 bits per heavy atom. The smallest absolute Gasteiger partial charge is 0.260 e. The number of rotatable bonds is 9. The fraction of sp³-hybridized carbons (Fsp3) is 0.375. The van der Waals surface area contributed by atoms with Gasteiger partial charge < -0.3 is 25.0 Å². The van der Waals surface area contributed by atoms with Crippen LogP contribution in [0.4, 0.5) is 11.4 Å². The van der Waals surface area contributed by atoms with Gasteiger partial charge in [-0.2, -0.15) is 0 Å². The average Bonchev–Trinajstić information content (AvgIpc) is 3.35. The molecule has 0 saturated carbocycles. The summed E-state index contributed by atoms with van der Waals surface area (Å²) in [6, 6.07) is 11.5. The number of nitrogens with zero attached hydrogens (tertiary/aromatic N) is 1. The van der Waals surface area contributed by atoms with Crippen LogP contribution < -0.4 is 15.4 Å². The molecule has 1 saturated heterocycles. The number of benzene rings is 2. The monoisotopic (exact) mass is 473 g/mol. The molecule has 2 N–H and O–H groups in total. The molecule has 176 valence electrons. The Balaban J connectivity index is 1.59. The van der Waals surface area contributed by atoms with Gasteiger partial charge in [-0.1, -0.05) is 17.7 Å². The molecular formula is C24H28ClN3O5. The Morgan fingerprint density at radius 2 is 1.85 bits per heavy atom. The quantitative estimate of drug-likeness (QED) is 0.574. The summed E-state index contributed by atoms with van der Waals surface area (Å²) >= 11 is 6.27. The summed E-state index contributed by atoms with van der Waals surface area (Å²) in [5.41, 5.74) is 1.37. The number of anilines is 2. The first-order valence-corrected chi connectivity index (χ1v) is 11.3. The van der Waals surface area contributed by atoms with Crippen LogP contribution in [0.3, 0.4) is 0 Å². The number of carbonyl (C=O) groups is 3. The molecule has 1 aliphatic rings. The Morgan fingerprint density at radius 3 is 2.52 bits per heavy atom. The zero-order valence-corrected chi connectivity index (χ0v) is 19.5. The fourth-order valence-electron chi connectivity index (χ4n) is 3.45. The summed E-state index contributed by atoms with van der Waals surface area (Å²) in [5.74, 6) is -0.342. The summed E-state index contributed by atoms with van der Waals surface area (Å²) in [4.78, 5) is 38.7. The van der Waals surface area contributed by atoms with E-state index < -0.39 is 6.10 Å². The number of hydrogen-bond donors (Lipinski definition) is 2. The normalized spacial score (nSPS) is 15.1. The third kappa shape index (κ3) is 6.69. The number of ether oxygens (including phenoxy) is 2. The van der Waals surface area contributed by atoms with Gasteiger partial charge in [0, 0.05) is 36.6 Å². The van der Waals surface area contributed by atoms with Crippen molar-refractivity contribution in [3.63, 3.8) is 0 Å². The standard InChI is InChI=1S/C24H28ClN3O5/c1-3-28(4-2)22(29)15-33-20-11-10-18(14-19(20)25)26-23(30)16-7-5-8-17(13-16)27-24(31)21-9-6-12-32-21/h5,7-8,10-11,13-14,21H,3-4,6,9,12,15H2,1-2H3,(H,26,30)(H,27,31)/t21-/m1/s1. The largest absolute Gasteiger partial charge is 0.482 e. The topological polar surface area (TPSA) is 97.0 Å². The molecule has 0 aromatic heterocycles. The van der Waals surface area contributed by atoms with Crippen molar-refractivity contribution in [2.75, 3.05) is 36.9 Å². The van der Waals surface area contributed by atoms with Crippen molar-refractivity contribution in [2.45, 2.75) is 32.8 Å². The number of amides is 3. The zero-order valence-electron chi connectivity index (χ0n) is 18.7. The van der Waals surface area contributed by atoms with Crippen molar-refractivity contribution >= 4 is 40.7 Å². The second-order valence-corrected chi connectivity index (χ2v) is 7.93. The highest BCUT2D eigenvalue weighted by Crippen LogP contribution is 2.28. The molecule has 9 heteroatoms. The number of likely N-dealkylation sites (N-methyl/N-ethyl adjacent to an activating group) is 1. The van der Waals surface area contributed by atoms with Crippen molar-refractivity contribution in [1.29, 1.82) is 0 Å². The van der Waals surface area contributed by atoms with Gasteiger partial charge >= 0.3 is 0 Å². The third-order valence-electron chi connectivity index (χ3n) is 5.27. The van der Waals surface area contributed by atoms with Crippen molar-refractivity contribution in [3.05, 3.63) is 53.1 Å². The molecule has 0 aliphatic carbocycles. The van der Waals surface area contributed by atoms with Gasteiger partial charge in [-0.3, -0.25) is 14.4 Å². The van der Waals surface area contributed by atoms with E-state index >= 15 is 0 Å². The third-order valence-corrected chi connectivity index (χ3v) is 5.57. The highest BCUT2D eigenvalue weighted by molar-refractivity contribution is 6.32. The van der Waals surface area contributed by atoms with E-state index in [1.807, 2.05) is 13.8 Å². The zero-order chi connectivity index (χ0) is 23.8. The number of hydrogen-bond acceptors (Lipinski definition) is 5. The van der Waals surface area contributed by atoms with Crippen LogP contribution in [0.5, 0.6) is 5.75 Å². The average molecular weight is 474 g/mol. The minimum Gasteiger partial charge on any atom is -0.482 e. The molecule has 0 unspecified atom stereocenters. The van der Waals surface area contributed by atoms with E-state index in [0.29, 0.717) is 48.8 Å². The summed E-state index contributed by atoms with van der Waals surface area (Å²) in [6.07, 6.45) is 1.10.